The van der Waals surface area contributed by atoms with Gasteiger partial charge in [-0.15, -0.1) is 11.3 Å². The van der Waals surface area contributed by atoms with Gasteiger partial charge in [0.15, 0.2) is 0 Å². The Bertz CT molecular complexity index is 515. The molecule has 2 aromatic heterocycles. The monoisotopic (exact) mass is 344 g/mol. The van der Waals surface area contributed by atoms with E-state index in [-0.39, 0.29) is 0 Å². The van der Waals surface area contributed by atoms with Crippen molar-refractivity contribution in [2.75, 3.05) is 6.54 Å². The average Bonchev–Trinajstić information content (AvgIpc) is 2.78. The zero-order chi connectivity index (χ0) is 13.0. The Morgan fingerprint density at radius 2 is 2.28 bits per heavy atom. The predicted octanol–water partition coefficient (Wildman–Crippen LogP) is 4.45. The summed E-state index contributed by atoms with van der Waals surface area (Å²) in [4.78, 5) is 5.33. The molecule has 0 aliphatic rings. The number of aromatic nitrogens is 1. The van der Waals surface area contributed by atoms with Crippen LogP contribution < -0.4 is 5.32 Å². The fourth-order valence-corrected chi connectivity index (χ4v) is 3.52. The van der Waals surface area contributed by atoms with Gasteiger partial charge >= 0.3 is 0 Å². The van der Waals surface area contributed by atoms with E-state index in [9.17, 15) is 0 Å². The molecule has 0 bridgehead atoms. The van der Waals surface area contributed by atoms with E-state index in [0.29, 0.717) is 6.04 Å². The molecule has 0 aliphatic carbocycles. The van der Waals surface area contributed by atoms with Gasteiger partial charge in [0.25, 0.3) is 0 Å². The summed E-state index contributed by atoms with van der Waals surface area (Å²) in [6.07, 6.45) is 4.36. The van der Waals surface area contributed by atoms with Crippen LogP contribution in [0.1, 0.15) is 23.4 Å². The van der Waals surface area contributed by atoms with Crippen LogP contribution in [0.25, 0.3) is 0 Å². The first-order chi connectivity index (χ1) is 8.70. The standard InChI is InChI=1S/C13H14BrClN2S/c1-2-17-11(12-3-4-13(14)18-12)7-9-5-6-16-8-10(9)15/h3-6,8,11,17H,2,7H2,1H3. The minimum absolute atomic E-state index is 0.297. The number of nitrogens with one attached hydrogen (secondary N) is 1. The molecule has 0 spiro atoms. The van der Waals surface area contributed by atoms with Crippen molar-refractivity contribution in [1.82, 2.24) is 10.3 Å². The number of likely N-dealkylation sites (N-methyl/N-ethyl adjacent to an activating group) is 1. The summed E-state index contributed by atoms with van der Waals surface area (Å²) in [5.41, 5.74) is 1.13. The molecule has 1 N–H and O–H groups in total. The summed E-state index contributed by atoms with van der Waals surface area (Å²) in [7, 11) is 0. The van der Waals surface area contributed by atoms with Crippen molar-refractivity contribution in [3.05, 3.63) is 49.8 Å². The van der Waals surface area contributed by atoms with Crippen LogP contribution in [0.3, 0.4) is 0 Å². The smallest absolute Gasteiger partial charge is 0.0701 e. The van der Waals surface area contributed by atoms with E-state index in [1.165, 1.54) is 4.88 Å². The van der Waals surface area contributed by atoms with Crippen LogP contribution in [-0.4, -0.2) is 11.5 Å². The van der Waals surface area contributed by atoms with Crippen LogP contribution in [0.15, 0.2) is 34.4 Å². The molecule has 1 atom stereocenters. The molecule has 5 heteroatoms. The highest BCUT2D eigenvalue weighted by Gasteiger charge is 2.14. The third kappa shape index (κ3) is 3.54. The zero-order valence-corrected chi connectivity index (χ0v) is 13.1. The lowest BCUT2D eigenvalue weighted by molar-refractivity contribution is 0.558. The average molecular weight is 346 g/mol. The molecule has 0 fully saturated rings. The molecule has 96 valence electrons. The first-order valence-corrected chi connectivity index (χ1v) is 7.76. The first kappa shape index (κ1) is 14.0. The number of hydrogen-bond donors (Lipinski definition) is 1. The van der Waals surface area contributed by atoms with Gasteiger partial charge in [-0.05, 0) is 52.7 Å². The second-order valence-corrected chi connectivity index (χ2v) is 6.83. The Balaban J connectivity index is 2.19. The van der Waals surface area contributed by atoms with E-state index in [1.54, 1.807) is 23.7 Å². The lowest BCUT2D eigenvalue weighted by Crippen LogP contribution is -2.22. The molecule has 0 saturated carbocycles. The van der Waals surface area contributed by atoms with Gasteiger partial charge < -0.3 is 5.32 Å². The summed E-state index contributed by atoms with van der Waals surface area (Å²) in [6.45, 7) is 3.05. The maximum Gasteiger partial charge on any atom is 0.0701 e. The van der Waals surface area contributed by atoms with E-state index in [4.69, 9.17) is 11.6 Å². The van der Waals surface area contributed by atoms with Crippen molar-refractivity contribution in [2.24, 2.45) is 0 Å². The van der Waals surface area contributed by atoms with Crippen molar-refractivity contribution < 1.29 is 0 Å². The molecule has 0 aliphatic heterocycles. The van der Waals surface area contributed by atoms with Crippen LogP contribution in [0.5, 0.6) is 0 Å². The van der Waals surface area contributed by atoms with Gasteiger partial charge in [0, 0.05) is 23.3 Å². The largest absolute Gasteiger partial charge is 0.309 e. The van der Waals surface area contributed by atoms with Crippen LogP contribution in [0.4, 0.5) is 0 Å². The van der Waals surface area contributed by atoms with Gasteiger partial charge in [-0.25, -0.2) is 0 Å². The van der Waals surface area contributed by atoms with E-state index in [1.807, 2.05) is 6.07 Å². The second-order valence-electron chi connectivity index (χ2n) is 3.92. The summed E-state index contributed by atoms with van der Waals surface area (Å²) in [5.74, 6) is 0. The predicted molar refractivity (Wildman–Crippen MR) is 81.4 cm³/mol. The van der Waals surface area contributed by atoms with E-state index < -0.39 is 0 Å². The van der Waals surface area contributed by atoms with Crippen LogP contribution in [0.2, 0.25) is 5.02 Å². The topological polar surface area (TPSA) is 24.9 Å². The number of thiophene rings is 1. The van der Waals surface area contributed by atoms with E-state index in [2.05, 4.69) is 45.3 Å². The van der Waals surface area contributed by atoms with E-state index >= 15 is 0 Å². The van der Waals surface area contributed by atoms with Crippen molar-refractivity contribution in [3.8, 4) is 0 Å². The highest BCUT2D eigenvalue weighted by Crippen LogP contribution is 2.30. The normalized spacial score (nSPS) is 12.6. The van der Waals surface area contributed by atoms with Crippen LogP contribution in [0, 0.1) is 0 Å². The molecular weight excluding hydrogens is 332 g/mol. The molecular formula is C13H14BrClN2S. The van der Waals surface area contributed by atoms with Crippen molar-refractivity contribution in [3.63, 3.8) is 0 Å². The lowest BCUT2D eigenvalue weighted by atomic mass is 10.1. The van der Waals surface area contributed by atoms with Crippen molar-refractivity contribution in [2.45, 2.75) is 19.4 Å². The second kappa shape index (κ2) is 6.66. The summed E-state index contributed by atoms with van der Waals surface area (Å²) < 4.78 is 1.15. The fraction of sp³-hybridized carbons (Fsp3) is 0.308. The van der Waals surface area contributed by atoms with Gasteiger partial charge in [0.2, 0.25) is 0 Å². The summed E-state index contributed by atoms with van der Waals surface area (Å²) in [5, 5.41) is 4.23. The zero-order valence-electron chi connectivity index (χ0n) is 9.99. The van der Waals surface area contributed by atoms with Crippen LogP contribution in [-0.2, 0) is 6.42 Å². The quantitative estimate of drug-likeness (QED) is 0.866. The first-order valence-electron chi connectivity index (χ1n) is 5.77. The Kier molecular flexibility index (Phi) is 5.18. The SMILES string of the molecule is CCNC(Cc1ccncc1Cl)c1ccc(Br)s1. The summed E-state index contributed by atoms with van der Waals surface area (Å²) >= 11 is 11.4. The molecule has 2 rings (SSSR count). The molecule has 2 aromatic rings. The van der Waals surface area contributed by atoms with Crippen molar-refractivity contribution >= 4 is 38.9 Å². The molecule has 0 amide bonds. The number of pyridine rings is 1. The van der Waals surface area contributed by atoms with E-state index in [0.717, 1.165) is 27.3 Å². The van der Waals surface area contributed by atoms with Gasteiger partial charge in [0.05, 0.1) is 8.81 Å². The highest BCUT2D eigenvalue weighted by molar-refractivity contribution is 9.11. The molecule has 0 saturated heterocycles. The molecule has 1 unspecified atom stereocenters. The minimum atomic E-state index is 0.297. The fourth-order valence-electron chi connectivity index (χ4n) is 1.82. The number of rotatable bonds is 5. The Morgan fingerprint density at radius 1 is 1.44 bits per heavy atom. The number of hydrogen-bond acceptors (Lipinski definition) is 3. The van der Waals surface area contributed by atoms with Gasteiger partial charge in [0.1, 0.15) is 0 Å². The lowest BCUT2D eigenvalue weighted by Gasteiger charge is -2.17. The molecule has 2 nitrogen and oxygen atoms in total. The maximum atomic E-state index is 6.17. The molecule has 0 aromatic carbocycles. The maximum absolute atomic E-state index is 6.17. The van der Waals surface area contributed by atoms with Crippen molar-refractivity contribution in [1.29, 1.82) is 0 Å². The van der Waals surface area contributed by atoms with Gasteiger partial charge in [-0.3, -0.25) is 4.98 Å². The highest BCUT2D eigenvalue weighted by atomic mass is 79.9. The molecule has 2 heterocycles. The number of nitrogens with zero attached hydrogens (tertiary/aromatic N) is 1. The summed E-state index contributed by atoms with van der Waals surface area (Å²) in [6, 6.07) is 6.51. The Labute approximate surface area is 125 Å². The minimum Gasteiger partial charge on any atom is -0.309 e. The van der Waals surface area contributed by atoms with Gasteiger partial charge in [-0.2, -0.15) is 0 Å². The number of halogens is 2. The molecule has 18 heavy (non-hydrogen) atoms. The molecule has 0 radical (unpaired) electrons. The Morgan fingerprint density at radius 3 is 2.89 bits per heavy atom. The Hall–Kier alpha value is -0.420. The third-order valence-electron chi connectivity index (χ3n) is 2.67. The van der Waals surface area contributed by atoms with Gasteiger partial charge in [-0.1, -0.05) is 18.5 Å². The van der Waals surface area contributed by atoms with Crippen LogP contribution >= 0.6 is 38.9 Å². The third-order valence-corrected chi connectivity index (χ3v) is 4.75.